The highest BCUT2D eigenvalue weighted by molar-refractivity contribution is 5.89. The normalized spacial score (nSPS) is 10.6. The fourth-order valence-corrected chi connectivity index (χ4v) is 2.06. The number of alkyl halides is 3. The number of carbonyl (C=O) groups excluding carboxylic acids is 2. The Bertz CT molecular complexity index is 977. The van der Waals surface area contributed by atoms with Gasteiger partial charge in [0.05, 0.1) is 11.3 Å². The fourth-order valence-electron chi connectivity index (χ4n) is 2.06. The van der Waals surface area contributed by atoms with Crippen molar-refractivity contribution in [1.82, 2.24) is 9.80 Å². The number of amides is 4. The third-order valence-corrected chi connectivity index (χ3v) is 3.87. The summed E-state index contributed by atoms with van der Waals surface area (Å²) in [4.78, 5) is 24.8. The van der Waals surface area contributed by atoms with Crippen LogP contribution < -0.4 is 10.6 Å². The second kappa shape index (κ2) is 10.7. The van der Waals surface area contributed by atoms with Crippen LogP contribution in [0.15, 0.2) is 30.3 Å². The number of carbonyl (C=O) groups is 2. The van der Waals surface area contributed by atoms with Gasteiger partial charge < -0.3 is 20.4 Å². The maximum absolute atomic E-state index is 13.4. The van der Waals surface area contributed by atoms with Crippen molar-refractivity contribution in [2.24, 2.45) is 0 Å². The summed E-state index contributed by atoms with van der Waals surface area (Å²) >= 11 is 0. The lowest BCUT2D eigenvalue weighted by Crippen LogP contribution is -2.28. The average Bonchev–Trinajstić information content (AvgIpc) is 2.70. The highest BCUT2D eigenvalue weighted by atomic mass is 19.4. The van der Waals surface area contributed by atoms with Crippen LogP contribution in [0.3, 0.4) is 0 Å². The lowest BCUT2D eigenvalue weighted by molar-refractivity contribution is -0.137. The topological polar surface area (TPSA) is 64.7 Å². The van der Waals surface area contributed by atoms with Gasteiger partial charge in [0.1, 0.15) is 0 Å². The lowest BCUT2D eigenvalue weighted by Gasteiger charge is -2.13. The molecule has 6 nitrogen and oxygen atoms in total. The molecule has 2 aromatic carbocycles. The molecule has 12 heteroatoms. The van der Waals surface area contributed by atoms with Gasteiger partial charge in [0.15, 0.2) is 17.5 Å². The van der Waals surface area contributed by atoms with E-state index >= 15 is 0 Å². The monoisotopic (exact) mass is 464 g/mol. The molecule has 0 unspecified atom stereocenters. The Kier molecular flexibility index (Phi) is 8.92. The molecule has 0 saturated carbocycles. The van der Waals surface area contributed by atoms with Crippen molar-refractivity contribution in [1.29, 1.82) is 0 Å². The Balaban J connectivity index is 0.000000320. The van der Waals surface area contributed by atoms with E-state index in [1.165, 1.54) is 45.2 Å². The molecule has 0 aliphatic rings. The number of hydrogen-bond acceptors (Lipinski definition) is 2. The van der Waals surface area contributed by atoms with Crippen molar-refractivity contribution in [3.05, 3.63) is 58.9 Å². The summed E-state index contributed by atoms with van der Waals surface area (Å²) in [5.41, 5.74) is -1.51. The van der Waals surface area contributed by atoms with Crippen molar-refractivity contribution in [3.8, 4) is 0 Å². The standard InChI is InChI=1S/2C10H11F3N2O/c1-5-8(12)6(11)4-7(9(5)13)14-10(16)15(2)3;1-15(2)9(16)14-8-5-3-4-7(6-8)10(11,12)13/h4H,1-3H3,(H,14,16);3-6H,1-2H3,(H,14,16). The van der Waals surface area contributed by atoms with Gasteiger partial charge in [-0.15, -0.1) is 0 Å². The summed E-state index contributed by atoms with van der Waals surface area (Å²) in [5, 5.41) is 4.46. The number of halogens is 6. The van der Waals surface area contributed by atoms with Crippen LogP contribution in [0.4, 0.5) is 47.3 Å². The van der Waals surface area contributed by atoms with E-state index in [4.69, 9.17) is 0 Å². The van der Waals surface area contributed by atoms with Gasteiger partial charge in [-0.1, -0.05) is 6.07 Å². The Morgan fingerprint density at radius 2 is 1.38 bits per heavy atom. The molecule has 0 heterocycles. The van der Waals surface area contributed by atoms with Crippen molar-refractivity contribution in [2.75, 3.05) is 38.8 Å². The highest BCUT2D eigenvalue weighted by Gasteiger charge is 2.30. The SMILES string of the molecule is CN(C)C(=O)Nc1cccc(C(F)(F)F)c1.Cc1c(F)c(F)cc(NC(=O)N(C)C)c1F. The fraction of sp³-hybridized carbons (Fsp3) is 0.300. The minimum absolute atomic E-state index is 0.119. The molecule has 0 atom stereocenters. The first-order valence-corrected chi connectivity index (χ1v) is 8.93. The first kappa shape index (κ1) is 26.6. The number of benzene rings is 2. The lowest BCUT2D eigenvalue weighted by atomic mass is 10.2. The molecule has 0 aromatic heterocycles. The summed E-state index contributed by atoms with van der Waals surface area (Å²) in [7, 11) is 5.89. The van der Waals surface area contributed by atoms with Crippen LogP contribution in [0.25, 0.3) is 0 Å². The van der Waals surface area contributed by atoms with Gasteiger partial charge in [-0.25, -0.2) is 22.8 Å². The maximum Gasteiger partial charge on any atom is 0.416 e. The smallest absolute Gasteiger partial charge is 0.331 e. The molecule has 0 spiro atoms. The van der Waals surface area contributed by atoms with Crippen LogP contribution in [-0.2, 0) is 6.18 Å². The van der Waals surface area contributed by atoms with Crippen molar-refractivity contribution in [3.63, 3.8) is 0 Å². The van der Waals surface area contributed by atoms with Gasteiger partial charge in [-0.05, 0) is 25.1 Å². The molecule has 4 amide bonds. The van der Waals surface area contributed by atoms with Crippen LogP contribution >= 0.6 is 0 Å². The van der Waals surface area contributed by atoms with Gasteiger partial charge >= 0.3 is 18.2 Å². The van der Waals surface area contributed by atoms with E-state index in [1.54, 1.807) is 0 Å². The first-order valence-electron chi connectivity index (χ1n) is 8.93. The molecular weight excluding hydrogens is 442 g/mol. The molecule has 0 aliphatic carbocycles. The average molecular weight is 464 g/mol. The molecule has 0 radical (unpaired) electrons. The van der Waals surface area contributed by atoms with E-state index in [0.29, 0.717) is 6.07 Å². The molecule has 0 bridgehead atoms. The number of rotatable bonds is 2. The summed E-state index contributed by atoms with van der Waals surface area (Å²) in [5.74, 6) is -3.43. The molecule has 0 saturated heterocycles. The number of anilines is 2. The second-order valence-corrected chi connectivity index (χ2v) is 6.89. The second-order valence-electron chi connectivity index (χ2n) is 6.89. The number of nitrogens with zero attached hydrogens (tertiary/aromatic N) is 2. The molecule has 2 N–H and O–H groups in total. The number of hydrogen-bond donors (Lipinski definition) is 2. The highest BCUT2D eigenvalue weighted by Crippen LogP contribution is 2.30. The molecule has 0 fully saturated rings. The summed E-state index contributed by atoms with van der Waals surface area (Å²) in [6.07, 6.45) is -4.40. The number of nitrogens with one attached hydrogen (secondary N) is 2. The van der Waals surface area contributed by atoms with Crippen LogP contribution in [0.5, 0.6) is 0 Å². The Morgan fingerprint density at radius 1 is 0.844 bits per heavy atom. The van der Waals surface area contributed by atoms with E-state index in [0.717, 1.165) is 24.0 Å². The van der Waals surface area contributed by atoms with Crippen LogP contribution in [-0.4, -0.2) is 50.1 Å². The van der Waals surface area contributed by atoms with Gasteiger partial charge in [0, 0.05) is 45.5 Å². The number of urea groups is 2. The zero-order chi connectivity index (χ0) is 24.8. The third-order valence-electron chi connectivity index (χ3n) is 3.87. The zero-order valence-corrected chi connectivity index (χ0v) is 17.9. The van der Waals surface area contributed by atoms with Crippen molar-refractivity contribution in [2.45, 2.75) is 13.1 Å². The zero-order valence-electron chi connectivity index (χ0n) is 17.9. The van der Waals surface area contributed by atoms with E-state index < -0.39 is 46.8 Å². The first-order chi connectivity index (χ1) is 14.6. The van der Waals surface area contributed by atoms with Gasteiger partial charge in [-0.2, -0.15) is 13.2 Å². The minimum Gasteiger partial charge on any atom is -0.331 e. The van der Waals surface area contributed by atoms with E-state index in [9.17, 15) is 35.9 Å². The molecule has 2 rings (SSSR count). The summed E-state index contributed by atoms with van der Waals surface area (Å²) < 4.78 is 76.3. The van der Waals surface area contributed by atoms with Crippen molar-refractivity contribution < 1.29 is 35.9 Å². The molecule has 0 aliphatic heterocycles. The Hall–Kier alpha value is -3.44. The van der Waals surface area contributed by atoms with E-state index in [2.05, 4.69) is 10.6 Å². The molecule has 32 heavy (non-hydrogen) atoms. The molecule has 2 aromatic rings. The van der Waals surface area contributed by atoms with Crippen LogP contribution in [0.1, 0.15) is 11.1 Å². The van der Waals surface area contributed by atoms with Gasteiger partial charge in [0.25, 0.3) is 0 Å². The third kappa shape index (κ3) is 7.36. The molecule has 176 valence electrons. The van der Waals surface area contributed by atoms with Gasteiger partial charge in [-0.3, -0.25) is 0 Å². The quantitative estimate of drug-likeness (QED) is 0.468. The van der Waals surface area contributed by atoms with E-state index in [1.807, 2.05) is 0 Å². The predicted octanol–water partition coefficient (Wildman–Crippen LogP) is 5.30. The van der Waals surface area contributed by atoms with Crippen LogP contribution in [0.2, 0.25) is 0 Å². The summed E-state index contributed by atoms with van der Waals surface area (Å²) in [6.45, 7) is 1.10. The largest absolute Gasteiger partial charge is 0.416 e. The maximum atomic E-state index is 13.4. The van der Waals surface area contributed by atoms with Crippen molar-refractivity contribution >= 4 is 23.4 Å². The Labute approximate surface area is 180 Å². The summed E-state index contributed by atoms with van der Waals surface area (Å²) in [6, 6.07) is 4.00. The van der Waals surface area contributed by atoms with E-state index in [-0.39, 0.29) is 11.4 Å². The van der Waals surface area contributed by atoms with Gasteiger partial charge in [0.2, 0.25) is 0 Å². The predicted molar refractivity (Wildman–Crippen MR) is 108 cm³/mol. The minimum atomic E-state index is -4.40. The Morgan fingerprint density at radius 3 is 1.88 bits per heavy atom. The molecular formula is C20H22F6N4O2. The van der Waals surface area contributed by atoms with Crippen LogP contribution in [0, 0.1) is 24.4 Å².